The molecule has 1 atom stereocenters. The minimum Gasteiger partial charge on any atom is -0.481 e. The molecule has 0 aliphatic carbocycles. The third-order valence-corrected chi connectivity index (χ3v) is 3.33. The summed E-state index contributed by atoms with van der Waals surface area (Å²) in [5.74, 6) is -2.70. The zero-order valence-corrected chi connectivity index (χ0v) is 13.5. The number of nitrogens with zero attached hydrogens (tertiary/aromatic N) is 1. The second kappa shape index (κ2) is 6.16. The highest BCUT2D eigenvalue weighted by molar-refractivity contribution is 6.05. The Bertz CT molecular complexity index is 545. The Balaban J connectivity index is 3.02. The second-order valence-electron chi connectivity index (χ2n) is 6.52. The molecule has 1 unspecified atom stereocenters. The van der Waals surface area contributed by atoms with Crippen LogP contribution in [0.15, 0.2) is 18.2 Å². The molecule has 2 N–H and O–H groups in total. The van der Waals surface area contributed by atoms with Crippen LogP contribution in [0, 0.1) is 18.3 Å². The van der Waals surface area contributed by atoms with Gasteiger partial charge in [0.1, 0.15) is 5.92 Å². The van der Waals surface area contributed by atoms with Crippen molar-refractivity contribution in [2.75, 3.05) is 24.3 Å². The van der Waals surface area contributed by atoms with Gasteiger partial charge in [0.2, 0.25) is 5.91 Å². The first-order valence-electron chi connectivity index (χ1n) is 6.85. The van der Waals surface area contributed by atoms with Crippen LogP contribution in [0.5, 0.6) is 0 Å². The molecule has 5 nitrogen and oxygen atoms in total. The predicted octanol–water partition coefficient (Wildman–Crippen LogP) is 2.75. The summed E-state index contributed by atoms with van der Waals surface area (Å²) in [5.41, 5.74) is 2.02. The van der Waals surface area contributed by atoms with Crippen LogP contribution < -0.4 is 10.2 Å². The molecular formula is C16H24N2O3. The van der Waals surface area contributed by atoms with Crippen LogP contribution in [0.3, 0.4) is 0 Å². The van der Waals surface area contributed by atoms with Crippen molar-refractivity contribution in [3.8, 4) is 0 Å². The fourth-order valence-corrected chi connectivity index (χ4v) is 2.26. The zero-order chi connectivity index (χ0) is 16.4. The van der Waals surface area contributed by atoms with E-state index in [1.54, 1.807) is 26.8 Å². The van der Waals surface area contributed by atoms with E-state index in [0.717, 1.165) is 11.3 Å². The second-order valence-corrected chi connectivity index (χ2v) is 6.52. The van der Waals surface area contributed by atoms with Gasteiger partial charge in [0.15, 0.2) is 0 Å². The fraction of sp³-hybridized carbons (Fsp3) is 0.500. The molecule has 0 aliphatic heterocycles. The molecule has 5 heteroatoms. The average Bonchev–Trinajstić information content (AvgIpc) is 2.28. The van der Waals surface area contributed by atoms with Gasteiger partial charge in [-0.15, -0.1) is 0 Å². The van der Waals surface area contributed by atoms with E-state index in [-0.39, 0.29) is 0 Å². The molecule has 0 spiro atoms. The van der Waals surface area contributed by atoms with E-state index in [1.165, 1.54) is 0 Å². The van der Waals surface area contributed by atoms with Crippen LogP contribution in [0.2, 0.25) is 0 Å². The van der Waals surface area contributed by atoms with Gasteiger partial charge in [-0.1, -0.05) is 26.8 Å². The van der Waals surface area contributed by atoms with Gasteiger partial charge in [-0.25, -0.2) is 0 Å². The summed E-state index contributed by atoms with van der Waals surface area (Å²) in [6.07, 6.45) is 0. The number of carboxylic acids is 1. The number of aryl methyl sites for hydroxylation is 1. The van der Waals surface area contributed by atoms with E-state index in [9.17, 15) is 14.7 Å². The van der Waals surface area contributed by atoms with E-state index in [1.807, 2.05) is 38.1 Å². The van der Waals surface area contributed by atoms with E-state index >= 15 is 0 Å². The van der Waals surface area contributed by atoms with Crippen molar-refractivity contribution in [3.63, 3.8) is 0 Å². The number of rotatable bonds is 4. The number of aliphatic carboxylic acids is 1. The molecule has 1 aromatic rings. The Morgan fingerprint density at radius 3 is 2.24 bits per heavy atom. The molecule has 0 heterocycles. The number of carbonyl (C=O) groups excluding carboxylic acids is 1. The van der Waals surface area contributed by atoms with Crippen molar-refractivity contribution in [1.29, 1.82) is 0 Å². The molecule has 0 radical (unpaired) electrons. The normalized spacial score (nSPS) is 12.7. The standard InChI is InChI=1S/C16H24N2O3/c1-10-7-8-11(9-12(10)18(5)6)17-14(19)13(15(20)21)16(2,3)4/h7-9,13H,1-6H3,(H,17,19)(H,20,21). The molecular weight excluding hydrogens is 268 g/mol. The topological polar surface area (TPSA) is 69.6 Å². The largest absolute Gasteiger partial charge is 0.481 e. The van der Waals surface area contributed by atoms with Gasteiger partial charge >= 0.3 is 5.97 Å². The maximum Gasteiger partial charge on any atom is 0.316 e. The third-order valence-electron chi connectivity index (χ3n) is 3.33. The lowest BCUT2D eigenvalue weighted by atomic mass is 9.80. The first kappa shape index (κ1) is 17.0. The number of carbonyl (C=O) groups is 2. The van der Waals surface area contributed by atoms with Gasteiger partial charge in [-0.3, -0.25) is 9.59 Å². The number of hydrogen-bond donors (Lipinski definition) is 2. The molecule has 1 amide bonds. The molecule has 1 rings (SSSR count). The van der Waals surface area contributed by atoms with Crippen LogP contribution >= 0.6 is 0 Å². The van der Waals surface area contributed by atoms with Crippen molar-refractivity contribution >= 4 is 23.3 Å². The molecule has 0 bridgehead atoms. The maximum absolute atomic E-state index is 12.3. The number of carboxylic acid groups (broad SMARTS) is 1. The van der Waals surface area contributed by atoms with E-state index in [2.05, 4.69) is 5.32 Å². The number of amides is 1. The van der Waals surface area contributed by atoms with Gasteiger partial charge in [0.25, 0.3) is 0 Å². The highest BCUT2D eigenvalue weighted by Crippen LogP contribution is 2.28. The van der Waals surface area contributed by atoms with Crippen molar-refractivity contribution in [3.05, 3.63) is 23.8 Å². The van der Waals surface area contributed by atoms with Gasteiger partial charge in [0, 0.05) is 25.5 Å². The minimum absolute atomic E-state index is 0.497. The summed E-state index contributed by atoms with van der Waals surface area (Å²) < 4.78 is 0. The lowest BCUT2D eigenvalue weighted by Crippen LogP contribution is -2.39. The van der Waals surface area contributed by atoms with Gasteiger partial charge in [-0.2, -0.15) is 0 Å². The lowest BCUT2D eigenvalue weighted by molar-refractivity contribution is -0.149. The summed E-state index contributed by atoms with van der Waals surface area (Å²) >= 11 is 0. The zero-order valence-electron chi connectivity index (χ0n) is 13.5. The fourth-order valence-electron chi connectivity index (χ4n) is 2.26. The summed E-state index contributed by atoms with van der Waals surface area (Å²) in [5, 5.41) is 12.0. The minimum atomic E-state index is -1.11. The molecule has 0 saturated heterocycles. The van der Waals surface area contributed by atoms with E-state index in [4.69, 9.17) is 0 Å². The molecule has 0 aromatic heterocycles. The van der Waals surface area contributed by atoms with Crippen LogP contribution in [-0.4, -0.2) is 31.1 Å². The van der Waals surface area contributed by atoms with Crippen molar-refractivity contribution in [1.82, 2.24) is 0 Å². The smallest absolute Gasteiger partial charge is 0.316 e. The monoisotopic (exact) mass is 292 g/mol. The number of hydrogen-bond acceptors (Lipinski definition) is 3. The lowest BCUT2D eigenvalue weighted by Gasteiger charge is -2.26. The molecule has 0 saturated carbocycles. The molecule has 116 valence electrons. The molecule has 1 aromatic carbocycles. The summed E-state index contributed by atoms with van der Waals surface area (Å²) in [6, 6.07) is 5.52. The Kier molecular flexibility index (Phi) is 4.99. The predicted molar refractivity (Wildman–Crippen MR) is 84.7 cm³/mol. The van der Waals surface area contributed by atoms with Gasteiger partial charge in [-0.05, 0) is 30.0 Å². The molecule has 0 fully saturated rings. The molecule has 0 aliphatic rings. The van der Waals surface area contributed by atoms with Crippen molar-refractivity contribution < 1.29 is 14.7 Å². The highest BCUT2D eigenvalue weighted by Gasteiger charge is 2.37. The van der Waals surface area contributed by atoms with Gasteiger partial charge in [0.05, 0.1) is 0 Å². The maximum atomic E-state index is 12.3. The SMILES string of the molecule is Cc1ccc(NC(=O)C(C(=O)O)C(C)(C)C)cc1N(C)C. The van der Waals surface area contributed by atoms with Crippen molar-refractivity contribution in [2.24, 2.45) is 11.3 Å². The number of anilines is 2. The summed E-state index contributed by atoms with van der Waals surface area (Å²) in [7, 11) is 3.84. The Morgan fingerprint density at radius 1 is 1.24 bits per heavy atom. The number of benzene rings is 1. The highest BCUT2D eigenvalue weighted by atomic mass is 16.4. The average molecular weight is 292 g/mol. The van der Waals surface area contributed by atoms with Crippen LogP contribution in [0.1, 0.15) is 26.3 Å². The first-order valence-corrected chi connectivity index (χ1v) is 6.85. The van der Waals surface area contributed by atoms with E-state index in [0.29, 0.717) is 5.69 Å². The van der Waals surface area contributed by atoms with Crippen LogP contribution in [0.4, 0.5) is 11.4 Å². The quantitative estimate of drug-likeness (QED) is 0.837. The first-order chi connectivity index (χ1) is 9.54. The third kappa shape index (κ3) is 4.21. The van der Waals surface area contributed by atoms with E-state index < -0.39 is 23.2 Å². The molecule has 21 heavy (non-hydrogen) atoms. The Hall–Kier alpha value is -2.04. The number of nitrogens with one attached hydrogen (secondary N) is 1. The van der Waals surface area contributed by atoms with Crippen LogP contribution in [-0.2, 0) is 9.59 Å². The summed E-state index contributed by atoms with van der Waals surface area (Å²) in [4.78, 5) is 25.5. The van der Waals surface area contributed by atoms with Gasteiger partial charge < -0.3 is 15.3 Å². The van der Waals surface area contributed by atoms with Crippen LogP contribution in [0.25, 0.3) is 0 Å². The Morgan fingerprint density at radius 2 is 1.81 bits per heavy atom. The Labute approximate surface area is 126 Å². The summed E-state index contributed by atoms with van der Waals surface area (Å²) in [6.45, 7) is 7.21. The van der Waals surface area contributed by atoms with Crippen molar-refractivity contribution in [2.45, 2.75) is 27.7 Å².